The summed E-state index contributed by atoms with van der Waals surface area (Å²) in [5.74, 6) is -0.603. The molecule has 2 amide bonds. The summed E-state index contributed by atoms with van der Waals surface area (Å²) in [6.07, 6.45) is 5.44. The van der Waals surface area contributed by atoms with Gasteiger partial charge in [0.2, 0.25) is 5.91 Å². The minimum absolute atomic E-state index is 0.297. The normalized spacial score (nSPS) is 11.9. The first-order valence-electron chi connectivity index (χ1n) is 10.8. The second-order valence-corrected chi connectivity index (χ2v) is 8.94. The molecule has 1 atom stereocenters. The number of anilines is 1. The van der Waals surface area contributed by atoms with Crippen molar-refractivity contribution in [2.24, 2.45) is 0 Å². The quantitative estimate of drug-likeness (QED) is 0.282. The van der Waals surface area contributed by atoms with Gasteiger partial charge in [-0.05, 0) is 58.8 Å². The van der Waals surface area contributed by atoms with Crippen molar-refractivity contribution < 1.29 is 9.59 Å². The Morgan fingerprint density at radius 1 is 0.941 bits per heavy atom. The molecule has 5 aromatic rings. The predicted molar refractivity (Wildman–Crippen MR) is 138 cm³/mol. The number of pyridine rings is 1. The summed E-state index contributed by atoms with van der Waals surface area (Å²) in [4.78, 5) is 33.6. The van der Waals surface area contributed by atoms with E-state index in [0.29, 0.717) is 17.7 Å². The average Bonchev–Trinajstić information content (AvgIpc) is 3.26. The van der Waals surface area contributed by atoms with Gasteiger partial charge in [0.1, 0.15) is 6.04 Å². The van der Waals surface area contributed by atoms with Crippen LogP contribution in [0.4, 0.5) is 5.69 Å². The van der Waals surface area contributed by atoms with Crippen molar-refractivity contribution in [1.29, 1.82) is 0 Å². The van der Waals surface area contributed by atoms with E-state index in [1.807, 2.05) is 60.8 Å². The smallest absolute Gasteiger partial charge is 0.251 e. The second-order valence-electron chi connectivity index (χ2n) is 8.02. The predicted octanol–water partition coefficient (Wildman–Crippen LogP) is 5.46. The number of benzene rings is 3. The van der Waals surface area contributed by atoms with E-state index in [1.165, 1.54) is 0 Å². The molecular weight excluding hydrogens is 492 g/mol. The molecule has 0 unspecified atom stereocenters. The second kappa shape index (κ2) is 9.49. The fourth-order valence-electron chi connectivity index (χ4n) is 3.99. The minimum Gasteiger partial charge on any atom is -0.361 e. The highest BCUT2D eigenvalue weighted by atomic mass is 79.9. The highest BCUT2D eigenvalue weighted by Gasteiger charge is 2.23. The van der Waals surface area contributed by atoms with Crippen LogP contribution in [0.1, 0.15) is 15.9 Å². The van der Waals surface area contributed by atoms with Crippen LogP contribution in [0.5, 0.6) is 0 Å². The molecule has 3 N–H and O–H groups in total. The summed E-state index contributed by atoms with van der Waals surface area (Å²) in [5.41, 5.74) is 3.05. The van der Waals surface area contributed by atoms with Crippen LogP contribution in [0.3, 0.4) is 0 Å². The van der Waals surface area contributed by atoms with Crippen molar-refractivity contribution in [2.75, 3.05) is 5.32 Å². The van der Waals surface area contributed by atoms with Gasteiger partial charge in [-0.1, -0.05) is 46.3 Å². The number of hydrogen-bond donors (Lipinski definition) is 3. The molecule has 0 aliphatic carbocycles. The zero-order valence-electron chi connectivity index (χ0n) is 18.1. The number of aromatic amines is 1. The van der Waals surface area contributed by atoms with Crippen molar-refractivity contribution in [3.63, 3.8) is 0 Å². The molecule has 5 rings (SSSR count). The molecule has 2 heterocycles. The van der Waals surface area contributed by atoms with Crippen LogP contribution in [0, 0.1) is 0 Å². The molecule has 0 radical (unpaired) electrons. The maximum Gasteiger partial charge on any atom is 0.251 e. The zero-order chi connectivity index (χ0) is 23.5. The lowest BCUT2D eigenvalue weighted by Gasteiger charge is -2.19. The van der Waals surface area contributed by atoms with E-state index < -0.39 is 6.04 Å². The zero-order valence-corrected chi connectivity index (χ0v) is 19.7. The lowest BCUT2D eigenvalue weighted by molar-refractivity contribution is -0.118. The third-order valence-corrected chi connectivity index (χ3v) is 6.23. The Labute approximate surface area is 204 Å². The van der Waals surface area contributed by atoms with Crippen LogP contribution >= 0.6 is 15.9 Å². The molecule has 0 aliphatic heterocycles. The van der Waals surface area contributed by atoms with Crippen molar-refractivity contribution >= 4 is 55.1 Å². The molecule has 3 aromatic carbocycles. The lowest BCUT2D eigenvalue weighted by atomic mass is 10.0. The molecule has 0 bridgehead atoms. The first-order chi connectivity index (χ1) is 16.6. The molecule has 6 nitrogen and oxygen atoms in total. The van der Waals surface area contributed by atoms with Crippen molar-refractivity contribution in [3.05, 3.63) is 107 Å². The Hall–Kier alpha value is -3.97. The van der Waals surface area contributed by atoms with Crippen LogP contribution in [-0.2, 0) is 11.2 Å². The molecule has 34 heavy (non-hydrogen) atoms. The summed E-state index contributed by atoms with van der Waals surface area (Å²) in [6.45, 7) is 0. The Morgan fingerprint density at radius 3 is 2.56 bits per heavy atom. The third kappa shape index (κ3) is 4.70. The van der Waals surface area contributed by atoms with E-state index in [0.717, 1.165) is 31.7 Å². The number of fused-ring (bicyclic) bond motifs is 2. The Bertz CT molecular complexity index is 1500. The molecule has 0 saturated carbocycles. The van der Waals surface area contributed by atoms with Crippen LogP contribution in [0.25, 0.3) is 21.7 Å². The molecule has 0 spiro atoms. The first kappa shape index (κ1) is 21.9. The van der Waals surface area contributed by atoms with E-state index in [2.05, 4.69) is 36.5 Å². The number of carbonyl (C=O) groups is 2. The largest absolute Gasteiger partial charge is 0.361 e. The molecule has 168 valence electrons. The fourth-order valence-corrected chi connectivity index (χ4v) is 4.37. The Balaban J connectivity index is 1.42. The fraction of sp³-hybridized carbons (Fsp3) is 0.0741. The highest BCUT2D eigenvalue weighted by Crippen LogP contribution is 2.22. The van der Waals surface area contributed by atoms with Crippen molar-refractivity contribution in [2.45, 2.75) is 12.5 Å². The van der Waals surface area contributed by atoms with E-state index in [4.69, 9.17) is 0 Å². The van der Waals surface area contributed by atoms with Gasteiger partial charge in [-0.3, -0.25) is 14.6 Å². The number of nitrogens with zero attached hydrogens (tertiary/aromatic N) is 1. The van der Waals surface area contributed by atoms with E-state index >= 15 is 0 Å². The SMILES string of the molecule is O=C(N[C@@H](Cc1c[nH]c2ccccc12)C(=O)Nc1ccncc1)c1ccc2cc(Br)ccc2c1. The van der Waals surface area contributed by atoms with Crippen molar-refractivity contribution in [1.82, 2.24) is 15.3 Å². The van der Waals surface area contributed by atoms with Gasteiger partial charge >= 0.3 is 0 Å². The van der Waals surface area contributed by atoms with Crippen LogP contribution in [-0.4, -0.2) is 27.8 Å². The number of halogens is 1. The summed E-state index contributed by atoms with van der Waals surface area (Å²) in [5, 5.41) is 8.83. The number of rotatable bonds is 6. The van der Waals surface area contributed by atoms with Gasteiger partial charge in [-0.25, -0.2) is 0 Å². The molecule has 0 saturated heterocycles. The number of aromatic nitrogens is 2. The molecule has 0 fully saturated rings. The van der Waals surface area contributed by atoms with Gasteiger partial charge in [0.05, 0.1) is 0 Å². The van der Waals surface area contributed by atoms with E-state index in [-0.39, 0.29) is 11.8 Å². The van der Waals surface area contributed by atoms with Crippen LogP contribution < -0.4 is 10.6 Å². The number of para-hydroxylation sites is 1. The third-order valence-electron chi connectivity index (χ3n) is 5.73. The maximum absolute atomic E-state index is 13.2. The number of carbonyl (C=O) groups excluding carboxylic acids is 2. The monoisotopic (exact) mass is 512 g/mol. The van der Waals surface area contributed by atoms with E-state index in [1.54, 1.807) is 30.6 Å². The van der Waals surface area contributed by atoms with Gasteiger partial charge in [-0.15, -0.1) is 0 Å². The number of nitrogens with one attached hydrogen (secondary N) is 3. The lowest BCUT2D eigenvalue weighted by Crippen LogP contribution is -2.45. The summed E-state index contributed by atoms with van der Waals surface area (Å²) >= 11 is 3.47. The highest BCUT2D eigenvalue weighted by molar-refractivity contribution is 9.10. The summed E-state index contributed by atoms with van der Waals surface area (Å²) in [6, 6.07) is 21.9. The van der Waals surface area contributed by atoms with Gasteiger partial charge in [0.15, 0.2) is 0 Å². The molecule has 7 heteroatoms. The molecular formula is C27H21BrN4O2. The molecule has 0 aliphatic rings. The standard InChI is InChI=1S/C27H21BrN4O2/c28-21-8-7-17-13-19(6-5-18(17)14-21)26(33)32-25(27(34)31-22-9-11-29-12-10-22)15-20-16-30-24-4-2-1-3-23(20)24/h1-14,16,25,30H,15H2,(H,32,33)(H,29,31,34)/t25-/m0/s1. The van der Waals surface area contributed by atoms with E-state index in [9.17, 15) is 9.59 Å². The Kier molecular flexibility index (Phi) is 6.10. The van der Waals surface area contributed by atoms with Gasteiger partial charge in [0.25, 0.3) is 5.91 Å². The van der Waals surface area contributed by atoms with Gasteiger partial charge < -0.3 is 15.6 Å². The number of amides is 2. The maximum atomic E-state index is 13.2. The minimum atomic E-state index is -0.777. The van der Waals surface area contributed by atoms with Gasteiger partial charge in [0, 0.05) is 51.6 Å². The number of hydrogen-bond acceptors (Lipinski definition) is 3. The number of H-pyrrole nitrogens is 1. The summed E-state index contributed by atoms with van der Waals surface area (Å²) in [7, 11) is 0. The van der Waals surface area contributed by atoms with Crippen molar-refractivity contribution in [3.8, 4) is 0 Å². The molecule has 2 aromatic heterocycles. The first-order valence-corrected chi connectivity index (χ1v) is 11.6. The summed E-state index contributed by atoms with van der Waals surface area (Å²) < 4.78 is 0.976. The van der Waals surface area contributed by atoms with Crippen LogP contribution in [0.2, 0.25) is 0 Å². The van der Waals surface area contributed by atoms with Crippen LogP contribution in [0.15, 0.2) is 95.9 Å². The topological polar surface area (TPSA) is 86.9 Å². The van der Waals surface area contributed by atoms with Gasteiger partial charge in [-0.2, -0.15) is 0 Å². The average molecular weight is 513 g/mol. The Morgan fingerprint density at radius 2 is 1.71 bits per heavy atom.